The first-order valence-corrected chi connectivity index (χ1v) is 5.30. The standard InChI is InChI=1S/C9H10N2OS/c12-9(11-5-6-13-7-11)8-1-3-10-4-2-8/h1-4H,5-7H2. The highest BCUT2D eigenvalue weighted by atomic mass is 32.2. The first kappa shape index (κ1) is 8.56. The fourth-order valence-electron chi connectivity index (χ4n) is 1.25. The van der Waals surface area contributed by atoms with Gasteiger partial charge in [-0.25, -0.2) is 0 Å². The lowest BCUT2D eigenvalue weighted by Crippen LogP contribution is -2.27. The fraction of sp³-hybridized carbons (Fsp3) is 0.333. The number of aromatic nitrogens is 1. The van der Waals surface area contributed by atoms with Gasteiger partial charge in [0, 0.05) is 30.3 Å². The van der Waals surface area contributed by atoms with Crippen molar-refractivity contribution >= 4 is 17.7 Å². The van der Waals surface area contributed by atoms with E-state index in [0.717, 1.165) is 23.7 Å². The second kappa shape index (κ2) is 3.79. The number of carbonyl (C=O) groups is 1. The van der Waals surface area contributed by atoms with Gasteiger partial charge >= 0.3 is 0 Å². The van der Waals surface area contributed by atoms with Crippen LogP contribution in [0.1, 0.15) is 10.4 Å². The van der Waals surface area contributed by atoms with Crippen molar-refractivity contribution in [3.05, 3.63) is 30.1 Å². The van der Waals surface area contributed by atoms with Crippen LogP contribution in [0.2, 0.25) is 0 Å². The molecule has 1 aromatic rings. The van der Waals surface area contributed by atoms with E-state index in [9.17, 15) is 4.79 Å². The molecule has 0 aliphatic carbocycles. The summed E-state index contributed by atoms with van der Waals surface area (Å²) in [4.78, 5) is 17.5. The van der Waals surface area contributed by atoms with Gasteiger partial charge < -0.3 is 4.90 Å². The van der Waals surface area contributed by atoms with Gasteiger partial charge in [0.05, 0.1) is 5.88 Å². The van der Waals surface area contributed by atoms with Crippen LogP contribution in [0.4, 0.5) is 0 Å². The van der Waals surface area contributed by atoms with E-state index in [0.29, 0.717) is 0 Å². The predicted octanol–water partition coefficient (Wildman–Crippen LogP) is 1.23. The Hall–Kier alpha value is -1.03. The van der Waals surface area contributed by atoms with Crippen molar-refractivity contribution in [2.45, 2.75) is 0 Å². The summed E-state index contributed by atoms with van der Waals surface area (Å²) >= 11 is 1.79. The second-order valence-corrected chi connectivity index (χ2v) is 3.92. The van der Waals surface area contributed by atoms with E-state index in [2.05, 4.69) is 4.98 Å². The largest absolute Gasteiger partial charge is 0.329 e. The van der Waals surface area contributed by atoms with Crippen molar-refractivity contribution in [2.24, 2.45) is 0 Å². The number of thioether (sulfide) groups is 1. The van der Waals surface area contributed by atoms with E-state index in [1.165, 1.54) is 0 Å². The molecule has 1 saturated heterocycles. The van der Waals surface area contributed by atoms with E-state index < -0.39 is 0 Å². The minimum absolute atomic E-state index is 0.118. The van der Waals surface area contributed by atoms with E-state index in [1.807, 2.05) is 4.90 Å². The van der Waals surface area contributed by atoms with Gasteiger partial charge in [0.15, 0.2) is 0 Å². The topological polar surface area (TPSA) is 33.2 Å². The summed E-state index contributed by atoms with van der Waals surface area (Å²) in [5, 5.41) is 0. The Morgan fingerprint density at radius 2 is 2.23 bits per heavy atom. The monoisotopic (exact) mass is 194 g/mol. The van der Waals surface area contributed by atoms with Crippen molar-refractivity contribution in [1.29, 1.82) is 0 Å². The number of amides is 1. The number of hydrogen-bond acceptors (Lipinski definition) is 3. The van der Waals surface area contributed by atoms with Crippen LogP contribution in [0.3, 0.4) is 0 Å². The number of hydrogen-bond donors (Lipinski definition) is 0. The summed E-state index contributed by atoms with van der Waals surface area (Å²) in [5.41, 5.74) is 0.734. The summed E-state index contributed by atoms with van der Waals surface area (Å²) in [5.74, 6) is 1.99. The molecule has 1 fully saturated rings. The average Bonchev–Trinajstić information content (AvgIpc) is 2.71. The first-order chi connectivity index (χ1) is 6.38. The molecule has 1 aromatic heterocycles. The number of nitrogens with zero attached hydrogens (tertiary/aromatic N) is 2. The van der Waals surface area contributed by atoms with Crippen molar-refractivity contribution in [2.75, 3.05) is 18.2 Å². The Balaban J connectivity index is 2.13. The van der Waals surface area contributed by atoms with Gasteiger partial charge in [-0.15, -0.1) is 11.8 Å². The second-order valence-electron chi connectivity index (χ2n) is 2.84. The lowest BCUT2D eigenvalue weighted by molar-refractivity contribution is 0.0802. The normalized spacial score (nSPS) is 16.2. The summed E-state index contributed by atoms with van der Waals surface area (Å²) < 4.78 is 0. The van der Waals surface area contributed by atoms with E-state index in [4.69, 9.17) is 0 Å². The molecule has 13 heavy (non-hydrogen) atoms. The zero-order chi connectivity index (χ0) is 9.10. The molecule has 0 N–H and O–H groups in total. The number of rotatable bonds is 1. The molecule has 3 nitrogen and oxygen atoms in total. The molecule has 1 amide bonds. The quantitative estimate of drug-likeness (QED) is 0.674. The fourth-order valence-corrected chi connectivity index (χ4v) is 2.20. The molecule has 4 heteroatoms. The Morgan fingerprint density at radius 1 is 1.46 bits per heavy atom. The van der Waals surface area contributed by atoms with E-state index >= 15 is 0 Å². The van der Waals surface area contributed by atoms with Crippen LogP contribution < -0.4 is 0 Å². The molecular weight excluding hydrogens is 184 g/mol. The molecule has 0 saturated carbocycles. The van der Waals surface area contributed by atoms with Crippen molar-refractivity contribution in [1.82, 2.24) is 9.88 Å². The Kier molecular flexibility index (Phi) is 2.49. The molecule has 0 bridgehead atoms. The van der Waals surface area contributed by atoms with Crippen LogP contribution in [0.5, 0.6) is 0 Å². The van der Waals surface area contributed by atoms with E-state index in [1.54, 1.807) is 36.3 Å². The van der Waals surface area contributed by atoms with Crippen LogP contribution in [-0.2, 0) is 0 Å². The minimum atomic E-state index is 0.118. The van der Waals surface area contributed by atoms with Crippen LogP contribution >= 0.6 is 11.8 Å². The molecule has 68 valence electrons. The Labute approximate surface area is 81.1 Å². The van der Waals surface area contributed by atoms with Gasteiger partial charge in [-0.2, -0.15) is 0 Å². The smallest absolute Gasteiger partial charge is 0.254 e. The predicted molar refractivity (Wildman–Crippen MR) is 52.6 cm³/mol. The number of carbonyl (C=O) groups excluding carboxylic acids is 1. The third-order valence-corrected chi connectivity index (χ3v) is 2.93. The van der Waals surface area contributed by atoms with Gasteiger partial charge in [0.1, 0.15) is 0 Å². The van der Waals surface area contributed by atoms with Crippen molar-refractivity contribution < 1.29 is 4.79 Å². The number of pyridine rings is 1. The molecule has 0 aromatic carbocycles. The highest BCUT2D eigenvalue weighted by Crippen LogP contribution is 2.15. The molecule has 2 rings (SSSR count). The molecule has 0 unspecified atom stereocenters. The third-order valence-electron chi connectivity index (χ3n) is 1.97. The molecule has 1 aliphatic heterocycles. The summed E-state index contributed by atoms with van der Waals surface area (Å²) in [6.45, 7) is 0.867. The molecule has 0 spiro atoms. The SMILES string of the molecule is O=C(c1ccncc1)N1CCSC1. The molecular formula is C9H10N2OS. The lowest BCUT2D eigenvalue weighted by Gasteiger charge is -2.13. The van der Waals surface area contributed by atoms with Gasteiger partial charge in [-0.05, 0) is 12.1 Å². The lowest BCUT2D eigenvalue weighted by atomic mass is 10.2. The van der Waals surface area contributed by atoms with Crippen LogP contribution in [0.15, 0.2) is 24.5 Å². The minimum Gasteiger partial charge on any atom is -0.329 e. The average molecular weight is 194 g/mol. The maximum absolute atomic E-state index is 11.7. The maximum Gasteiger partial charge on any atom is 0.254 e. The van der Waals surface area contributed by atoms with Crippen LogP contribution in [0.25, 0.3) is 0 Å². The van der Waals surface area contributed by atoms with Gasteiger partial charge in [-0.3, -0.25) is 9.78 Å². The Morgan fingerprint density at radius 3 is 2.85 bits per heavy atom. The highest BCUT2D eigenvalue weighted by molar-refractivity contribution is 7.99. The third kappa shape index (κ3) is 1.83. The van der Waals surface area contributed by atoms with Gasteiger partial charge in [-0.1, -0.05) is 0 Å². The van der Waals surface area contributed by atoms with E-state index in [-0.39, 0.29) is 5.91 Å². The summed E-state index contributed by atoms with van der Waals surface area (Å²) in [6, 6.07) is 3.51. The molecule has 0 radical (unpaired) electrons. The van der Waals surface area contributed by atoms with Crippen LogP contribution in [0, 0.1) is 0 Å². The van der Waals surface area contributed by atoms with Gasteiger partial charge in [0.2, 0.25) is 0 Å². The highest BCUT2D eigenvalue weighted by Gasteiger charge is 2.19. The molecule has 1 aliphatic rings. The summed E-state index contributed by atoms with van der Waals surface area (Å²) in [6.07, 6.45) is 3.30. The molecule has 0 atom stereocenters. The van der Waals surface area contributed by atoms with Crippen LogP contribution in [-0.4, -0.2) is 34.0 Å². The first-order valence-electron chi connectivity index (χ1n) is 4.15. The zero-order valence-corrected chi connectivity index (χ0v) is 7.96. The van der Waals surface area contributed by atoms with Gasteiger partial charge in [0.25, 0.3) is 5.91 Å². The maximum atomic E-state index is 11.7. The Bertz CT molecular complexity index is 296. The zero-order valence-electron chi connectivity index (χ0n) is 7.14. The summed E-state index contributed by atoms with van der Waals surface area (Å²) in [7, 11) is 0. The van der Waals surface area contributed by atoms with Crippen molar-refractivity contribution in [3.63, 3.8) is 0 Å². The van der Waals surface area contributed by atoms with Crippen molar-refractivity contribution in [3.8, 4) is 0 Å². The molecule has 2 heterocycles.